The van der Waals surface area contributed by atoms with Crippen LogP contribution in [0.25, 0.3) is 5.52 Å². The van der Waals surface area contributed by atoms with Crippen molar-refractivity contribution in [3.8, 4) is 11.5 Å². The van der Waals surface area contributed by atoms with Gasteiger partial charge in [0.2, 0.25) is 5.78 Å². The molecule has 3 aromatic rings. The molecule has 0 aliphatic heterocycles. The molecule has 0 bridgehead atoms. The van der Waals surface area contributed by atoms with Crippen molar-refractivity contribution in [3.05, 3.63) is 59.4 Å². The molecule has 0 spiro atoms. The van der Waals surface area contributed by atoms with E-state index in [1.54, 1.807) is 35.9 Å². The van der Waals surface area contributed by atoms with Crippen LogP contribution in [-0.2, 0) is 0 Å². The minimum atomic E-state index is -0.120. The molecule has 2 heterocycles. The molecule has 0 aliphatic rings. The zero-order valence-electron chi connectivity index (χ0n) is 13.2. The smallest absolute Gasteiger partial charge is 0.210 e. The van der Waals surface area contributed by atoms with E-state index in [1.807, 2.05) is 19.1 Å². The minimum Gasteiger partial charge on any atom is -0.495 e. The molecule has 5 nitrogen and oxygen atoms in total. The average Bonchev–Trinajstić information content (AvgIpc) is 2.89. The highest BCUT2D eigenvalue weighted by Gasteiger charge is 2.18. The number of aryl methyl sites for hydroxylation is 1. The fourth-order valence-corrected chi connectivity index (χ4v) is 2.59. The Bertz CT molecular complexity index is 897. The molecule has 1 radical (unpaired) electrons. The molecule has 23 heavy (non-hydrogen) atoms. The third-order valence-electron chi connectivity index (χ3n) is 3.78. The van der Waals surface area contributed by atoms with Crippen molar-refractivity contribution < 1.29 is 14.3 Å². The number of nitrogens with zero attached hydrogens (tertiary/aromatic N) is 1. The molecular weight excluding hydrogens is 292 g/mol. The number of pyridine rings is 1. The fourth-order valence-electron chi connectivity index (χ4n) is 2.59. The van der Waals surface area contributed by atoms with Gasteiger partial charge < -0.3 is 19.6 Å². The summed E-state index contributed by atoms with van der Waals surface area (Å²) in [4.78, 5) is 12.9. The van der Waals surface area contributed by atoms with Crippen LogP contribution in [0, 0.1) is 13.0 Å². The van der Waals surface area contributed by atoms with E-state index in [-0.39, 0.29) is 5.78 Å². The Morgan fingerprint density at radius 2 is 1.96 bits per heavy atom. The number of benzene rings is 1. The van der Waals surface area contributed by atoms with Gasteiger partial charge >= 0.3 is 0 Å². The second kappa shape index (κ2) is 5.68. The van der Waals surface area contributed by atoms with Gasteiger partial charge in [-0.2, -0.15) is 0 Å². The monoisotopic (exact) mass is 309 g/mol. The van der Waals surface area contributed by atoms with Crippen LogP contribution in [0.5, 0.6) is 11.5 Å². The first-order valence-corrected chi connectivity index (χ1v) is 7.11. The van der Waals surface area contributed by atoms with Crippen molar-refractivity contribution in [1.29, 1.82) is 0 Å². The van der Waals surface area contributed by atoms with Crippen LogP contribution in [0.2, 0.25) is 0 Å². The first-order valence-electron chi connectivity index (χ1n) is 7.11. The maximum absolute atomic E-state index is 12.9. The number of rotatable bonds is 4. The molecule has 2 N–H and O–H groups in total. The highest BCUT2D eigenvalue weighted by Crippen LogP contribution is 2.26. The summed E-state index contributed by atoms with van der Waals surface area (Å²) in [5, 5.41) is 0. The van der Waals surface area contributed by atoms with E-state index in [0.29, 0.717) is 28.4 Å². The van der Waals surface area contributed by atoms with Crippen molar-refractivity contribution in [2.24, 2.45) is 0 Å². The number of nitrogens with two attached hydrogens (primary N) is 1. The molecule has 1 aromatic carbocycles. The Morgan fingerprint density at radius 1 is 1.17 bits per heavy atom. The van der Waals surface area contributed by atoms with Crippen molar-refractivity contribution in [1.82, 2.24) is 4.40 Å². The zero-order valence-corrected chi connectivity index (χ0v) is 13.2. The number of ketones is 1. The number of hydrogen-bond donors (Lipinski definition) is 1. The number of ether oxygens (including phenoxy) is 2. The number of nitrogen functional groups attached to an aromatic ring is 1. The topological polar surface area (TPSA) is 66.0 Å². The van der Waals surface area contributed by atoms with E-state index in [4.69, 9.17) is 15.2 Å². The lowest BCUT2D eigenvalue weighted by atomic mass is 10.0. The Morgan fingerprint density at radius 3 is 2.65 bits per heavy atom. The van der Waals surface area contributed by atoms with E-state index in [9.17, 15) is 4.79 Å². The second-order valence-corrected chi connectivity index (χ2v) is 5.21. The highest BCUT2D eigenvalue weighted by atomic mass is 16.5. The molecule has 2 aromatic heterocycles. The van der Waals surface area contributed by atoms with Crippen LogP contribution in [-0.4, -0.2) is 24.4 Å². The largest absolute Gasteiger partial charge is 0.495 e. The summed E-state index contributed by atoms with van der Waals surface area (Å²) >= 11 is 0. The van der Waals surface area contributed by atoms with Crippen LogP contribution in [0.3, 0.4) is 0 Å². The third kappa shape index (κ3) is 2.50. The molecule has 0 amide bonds. The predicted octanol–water partition coefficient (Wildman–Crippen LogP) is 2.88. The van der Waals surface area contributed by atoms with Crippen molar-refractivity contribution >= 4 is 17.0 Å². The lowest BCUT2D eigenvalue weighted by Crippen LogP contribution is -2.08. The first kappa shape index (κ1) is 15.0. The number of carbonyl (C=O) groups is 1. The van der Waals surface area contributed by atoms with E-state index >= 15 is 0 Å². The zero-order chi connectivity index (χ0) is 16.6. The molecular formula is C18H17N2O3. The van der Waals surface area contributed by atoms with Crippen molar-refractivity contribution in [2.45, 2.75) is 6.92 Å². The summed E-state index contributed by atoms with van der Waals surface area (Å²) in [6.07, 6.45) is 1.78. The summed E-state index contributed by atoms with van der Waals surface area (Å²) in [6.45, 7) is 1.86. The summed E-state index contributed by atoms with van der Waals surface area (Å²) < 4.78 is 12.2. The van der Waals surface area contributed by atoms with Gasteiger partial charge in [0.25, 0.3) is 0 Å². The summed E-state index contributed by atoms with van der Waals surface area (Å²) in [5.41, 5.74) is 8.95. The molecule has 117 valence electrons. The van der Waals surface area contributed by atoms with Gasteiger partial charge in [0.15, 0.2) is 0 Å². The van der Waals surface area contributed by atoms with Crippen LogP contribution < -0.4 is 15.2 Å². The lowest BCUT2D eigenvalue weighted by molar-refractivity contribution is 0.103. The molecule has 0 saturated heterocycles. The Hall–Kier alpha value is -2.95. The number of anilines is 1. The predicted molar refractivity (Wildman–Crippen MR) is 88.4 cm³/mol. The van der Waals surface area contributed by atoms with Crippen LogP contribution in [0.4, 0.5) is 5.69 Å². The van der Waals surface area contributed by atoms with Gasteiger partial charge in [0.1, 0.15) is 11.5 Å². The normalized spacial score (nSPS) is 10.7. The van der Waals surface area contributed by atoms with Crippen molar-refractivity contribution in [3.63, 3.8) is 0 Å². The standard InChI is InChI=1S/C18H17N2O3/c1-11-8-13-5-6-14(22-2)10-20(13)17(11)18(21)12-4-7-15(19)16(9-12)23-3/h4-7,9-10H,19H2,1-3H3. The van der Waals surface area contributed by atoms with E-state index < -0.39 is 0 Å². The summed E-state index contributed by atoms with van der Waals surface area (Å²) in [6, 6.07) is 11.9. The van der Waals surface area contributed by atoms with Gasteiger partial charge in [-0.1, -0.05) is 0 Å². The minimum absolute atomic E-state index is 0.120. The van der Waals surface area contributed by atoms with Crippen LogP contribution in [0.15, 0.2) is 36.5 Å². The maximum Gasteiger partial charge on any atom is 0.210 e. The quantitative estimate of drug-likeness (QED) is 0.594. The van der Waals surface area contributed by atoms with Gasteiger partial charge in [0, 0.05) is 11.6 Å². The Kier molecular flexibility index (Phi) is 3.70. The molecule has 0 saturated carbocycles. The maximum atomic E-state index is 12.9. The van der Waals surface area contributed by atoms with Crippen molar-refractivity contribution in [2.75, 3.05) is 20.0 Å². The van der Waals surface area contributed by atoms with E-state index in [1.165, 1.54) is 7.11 Å². The number of methoxy groups -OCH3 is 2. The number of aromatic nitrogens is 1. The van der Waals surface area contributed by atoms with Gasteiger partial charge in [-0.3, -0.25) is 4.79 Å². The average molecular weight is 309 g/mol. The molecule has 5 heteroatoms. The first-order chi connectivity index (χ1) is 11.0. The molecule has 0 atom stereocenters. The Labute approximate surface area is 134 Å². The van der Waals surface area contributed by atoms with E-state index in [0.717, 1.165) is 11.1 Å². The van der Waals surface area contributed by atoms with Gasteiger partial charge in [-0.25, -0.2) is 0 Å². The Balaban J connectivity index is 2.15. The number of hydrogen-bond acceptors (Lipinski definition) is 4. The van der Waals surface area contributed by atoms with Gasteiger partial charge in [-0.05, 0) is 42.8 Å². The molecule has 0 aliphatic carbocycles. The SMILES string of the molecule is COc1ccc2[c]c(C)c(C(=O)c3ccc(N)c(OC)c3)n2c1. The highest BCUT2D eigenvalue weighted by molar-refractivity contribution is 6.10. The fraction of sp³-hybridized carbons (Fsp3) is 0.167. The van der Waals surface area contributed by atoms with Gasteiger partial charge in [-0.15, -0.1) is 0 Å². The third-order valence-corrected chi connectivity index (χ3v) is 3.78. The van der Waals surface area contributed by atoms with Crippen LogP contribution in [0.1, 0.15) is 21.6 Å². The van der Waals surface area contributed by atoms with Gasteiger partial charge in [0.05, 0.1) is 37.3 Å². The molecule has 0 fully saturated rings. The number of fused-ring (bicyclic) bond motifs is 1. The second-order valence-electron chi connectivity index (χ2n) is 5.21. The molecule has 3 rings (SSSR count). The summed E-state index contributed by atoms with van der Waals surface area (Å²) in [5.74, 6) is 1.03. The lowest BCUT2D eigenvalue weighted by Gasteiger charge is -2.09. The molecule has 0 unspecified atom stereocenters. The summed E-state index contributed by atoms with van der Waals surface area (Å²) in [7, 11) is 3.12. The van der Waals surface area contributed by atoms with Crippen LogP contribution >= 0.6 is 0 Å². The van der Waals surface area contributed by atoms with E-state index in [2.05, 4.69) is 6.07 Å². The number of carbonyl (C=O) groups excluding carboxylic acids is 1.